The number of nitrogens with zero attached hydrogens (tertiary/aromatic N) is 3. The van der Waals surface area contributed by atoms with Gasteiger partial charge in [-0.25, -0.2) is 8.42 Å². The molecule has 0 saturated carbocycles. The van der Waals surface area contributed by atoms with Gasteiger partial charge in [-0.3, -0.25) is 9.59 Å². The molecule has 2 rings (SSSR count). The molecule has 9 nitrogen and oxygen atoms in total. The zero-order valence-corrected chi connectivity index (χ0v) is 16.2. The summed E-state index contributed by atoms with van der Waals surface area (Å²) in [5.74, 6) is -0.245. The van der Waals surface area contributed by atoms with Gasteiger partial charge in [0.15, 0.2) is 18.2 Å². The van der Waals surface area contributed by atoms with Crippen LogP contribution in [0.2, 0.25) is 0 Å². The van der Waals surface area contributed by atoms with E-state index < -0.39 is 22.5 Å². The van der Waals surface area contributed by atoms with E-state index in [1.165, 1.54) is 38.2 Å². The van der Waals surface area contributed by atoms with Crippen molar-refractivity contribution in [2.45, 2.75) is 38.2 Å². The van der Waals surface area contributed by atoms with E-state index in [1.807, 2.05) is 6.92 Å². The quantitative estimate of drug-likeness (QED) is 0.464. The Morgan fingerprint density at radius 2 is 1.89 bits per heavy atom. The molecule has 0 fully saturated rings. The van der Waals surface area contributed by atoms with Crippen molar-refractivity contribution < 1.29 is 27.3 Å². The van der Waals surface area contributed by atoms with E-state index in [0.29, 0.717) is 17.8 Å². The van der Waals surface area contributed by atoms with Crippen molar-refractivity contribution in [3.63, 3.8) is 0 Å². The summed E-state index contributed by atoms with van der Waals surface area (Å²) in [5, 5.41) is 3.74. The van der Waals surface area contributed by atoms with Gasteiger partial charge in [0.05, 0.1) is 4.90 Å². The molecule has 146 valence electrons. The zero-order chi connectivity index (χ0) is 20.0. The molecular weight excluding hydrogens is 374 g/mol. The van der Waals surface area contributed by atoms with Crippen molar-refractivity contribution in [1.82, 2.24) is 14.4 Å². The first-order chi connectivity index (χ1) is 12.7. The van der Waals surface area contributed by atoms with Crippen molar-refractivity contribution in [1.29, 1.82) is 0 Å². The molecule has 27 heavy (non-hydrogen) atoms. The van der Waals surface area contributed by atoms with Crippen LogP contribution < -0.4 is 0 Å². The van der Waals surface area contributed by atoms with E-state index in [0.717, 1.165) is 10.7 Å². The Morgan fingerprint density at radius 3 is 2.48 bits per heavy atom. The topological polar surface area (TPSA) is 120 Å². The van der Waals surface area contributed by atoms with Gasteiger partial charge in [0, 0.05) is 19.0 Å². The summed E-state index contributed by atoms with van der Waals surface area (Å²) in [5.41, 5.74) is 0.401. The monoisotopic (exact) mass is 395 g/mol. The summed E-state index contributed by atoms with van der Waals surface area (Å²) < 4.78 is 35.8. The predicted octanol–water partition coefficient (Wildman–Crippen LogP) is 1.59. The lowest BCUT2D eigenvalue weighted by atomic mass is 10.2. The molecule has 0 bridgehead atoms. The third-order valence-electron chi connectivity index (χ3n) is 3.66. The van der Waals surface area contributed by atoms with Gasteiger partial charge in [-0.1, -0.05) is 24.2 Å². The van der Waals surface area contributed by atoms with Crippen LogP contribution >= 0.6 is 0 Å². The normalized spacial score (nSPS) is 11.6. The van der Waals surface area contributed by atoms with Crippen molar-refractivity contribution in [3.8, 4) is 0 Å². The maximum absolute atomic E-state index is 12.5. The number of ether oxygens (including phenoxy) is 1. The summed E-state index contributed by atoms with van der Waals surface area (Å²) in [6.07, 6.45) is 1.51. The molecule has 2 aromatic rings. The minimum Gasteiger partial charge on any atom is -0.455 e. The minimum absolute atomic E-state index is 0.0242. The van der Waals surface area contributed by atoms with Crippen LogP contribution in [-0.4, -0.2) is 48.2 Å². The molecule has 0 aliphatic carbocycles. The fourth-order valence-electron chi connectivity index (χ4n) is 2.17. The highest BCUT2D eigenvalue weighted by Crippen LogP contribution is 2.15. The average molecular weight is 395 g/mol. The van der Waals surface area contributed by atoms with Gasteiger partial charge in [0.2, 0.25) is 10.0 Å². The van der Waals surface area contributed by atoms with Gasteiger partial charge in [-0.2, -0.15) is 9.29 Å². The Hall–Kier alpha value is -2.59. The van der Waals surface area contributed by atoms with Gasteiger partial charge in [0.1, 0.15) is 6.54 Å². The number of carbonyl (C=O) groups is 2. The van der Waals surface area contributed by atoms with E-state index in [1.54, 1.807) is 0 Å². The van der Waals surface area contributed by atoms with Crippen molar-refractivity contribution in [2.75, 3.05) is 13.6 Å². The molecular formula is C17H21N3O6S. The van der Waals surface area contributed by atoms with Crippen LogP contribution in [0.5, 0.6) is 0 Å². The number of esters is 1. The molecule has 0 N–H and O–H groups in total. The molecule has 10 heteroatoms. The second-order valence-electron chi connectivity index (χ2n) is 5.86. The van der Waals surface area contributed by atoms with Crippen LogP contribution in [0.15, 0.2) is 33.7 Å². The molecule has 0 aliphatic rings. The number of hydrogen-bond donors (Lipinski definition) is 0. The minimum atomic E-state index is -3.89. The highest BCUT2D eigenvalue weighted by Gasteiger charge is 2.24. The second kappa shape index (κ2) is 8.87. The number of carbonyl (C=O) groups excluding carboxylic acids is 2. The Balaban J connectivity index is 1.94. The first-order valence-corrected chi connectivity index (χ1v) is 9.72. The maximum Gasteiger partial charge on any atom is 0.321 e. The predicted molar refractivity (Wildman–Crippen MR) is 94.4 cm³/mol. The zero-order valence-electron chi connectivity index (χ0n) is 15.3. The van der Waals surface area contributed by atoms with E-state index in [4.69, 9.17) is 9.26 Å². The van der Waals surface area contributed by atoms with Gasteiger partial charge in [0.25, 0.3) is 5.89 Å². The molecule has 0 spiro atoms. The second-order valence-corrected chi connectivity index (χ2v) is 7.90. The smallest absolute Gasteiger partial charge is 0.321 e. The van der Waals surface area contributed by atoms with Crippen molar-refractivity contribution in [3.05, 3.63) is 41.5 Å². The number of likely N-dealkylation sites (N-methyl/N-ethyl adjacent to an activating group) is 1. The van der Waals surface area contributed by atoms with E-state index in [2.05, 4.69) is 10.1 Å². The lowest BCUT2D eigenvalue weighted by Gasteiger charge is -2.16. The van der Waals surface area contributed by atoms with Crippen LogP contribution in [0.25, 0.3) is 0 Å². The number of Topliss-reactive ketones (excluding diaryl/α,β-unsaturated/α-hetero) is 1. The fraction of sp³-hybridized carbons (Fsp3) is 0.412. The largest absolute Gasteiger partial charge is 0.455 e. The summed E-state index contributed by atoms with van der Waals surface area (Å²) >= 11 is 0. The number of aromatic nitrogens is 2. The highest BCUT2D eigenvalue weighted by molar-refractivity contribution is 7.89. The number of benzene rings is 1. The van der Waals surface area contributed by atoms with E-state index >= 15 is 0 Å². The molecule has 0 saturated heterocycles. The number of aryl methyl sites for hydroxylation is 1. The molecule has 0 amide bonds. The number of sulfonamides is 1. The van der Waals surface area contributed by atoms with Gasteiger partial charge in [-0.15, -0.1) is 0 Å². The van der Waals surface area contributed by atoms with Crippen LogP contribution in [0.4, 0.5) is 0 Å². The summed E-state index contributed by atoms with van der Waals surface area (Å²) in [4.78, 5) is 27.2. The lowest BCUT2D eigenvalue weighted by Crippen LogP contribution is -2.33. The number of ketones is 1. The van der Waals surface area contributed by atoms with Gasteiger partial charge in [-0.05, 0) is 25.5 Å². The molecule has 0 atom stereocenters. The summed E-state index contributed by atoms with van der Waals surface area (Å²) in [6.45, 7) is 2.66. The van der Waals surface area contributed by atoms with Crippen LogP contribution in [0.3, 0.4) is 0 Å². The van der Waals surface area contributed by atoms with E-state index in [9.17, 15) is 18.0 Å². The van der Waals surface area contributed by atoms with Crippen LogP contribution in [0.1, 0.15) is 42.3 Å². The Bertz CT molecular complexity index is 905. The Kier molecular flexibility index (Phi) is 6.81. The third-order valence-corrected chi connectivity index (χ3v) is 5.48. The standard InChI is InChI=1S/C17H21N3O6S/c1-4-5-15-18-16(26-19-15)11-25-17(22)10-20(3)27(23,24)14-8-6-13(7-9-14)12(2)21/h6-9H,4-5,10-11H2,1-3H3. The maximum atomic E-state index is 12.5. The number of hydrogen-bond acceptors (Lipinski definition) is 8. The fourth-order valence-corrected chi connectivity index (χ4v) is 3.29. The molecule has 0 unspecified atom stereocenters. The average Bonchev–Trinajstić information content (AvgIpc) is 3.08. The molecule has 0 radical (unpaired) electrons. The summed E-state index contributed by atoms with van der Waals surface area (Å²) in [6, 6.07) is 5.48. The molecule has 1 aromatic heterocycles. The molecule has 1 aromatic carbocycles. The molecule has 1 heterocycles. The van der Waals surface area contributed by atoms with Crippen molar-refractivity contribution in [2.24, 2.45) is 0 Å². The first kappa shape index (κ1) is 20.7. The Labute approximate surface area is 157 Å². The van der Waals surface area contributed by atoms with Crippen LogP contribution in [-0.2, 0) is 32.6 Å². The Morgan fingerprint density at radius 1 is 1.22 bits per heavy atom. The van der Waals surface area contributed by atoms with Gasteiger partial charge >= 0.3 is 5.97 Å². The van der Waals surface area contributed by atoms with Crippen molar-refractivity contribution >= 4 is 21.8 Å². The lowest BCUT2D eigenvalue weighted by molar-refractivity contribution is -0.145. The number of rotatable bonds is 9. The highest BCUT2D eigenvalue weighted by atomic mass is 32.2. The third kappa shape index (κ3) is 5.44. The first-order valence-electron chi connectivity index (χ1n) is 8.28. The summed E-state index contributed by atoms with van der Waals surface area (Å²) in [7, 11) is -2.63. The SMILES string of the molecule is CCCc1noc(COC(=O)CN(C)S(=O)(=O)c2ccc(C(C)=O)cc2)n1. The van der Waals surface area contributed by atoms with E-state index in [-0.39, 0.29) is 23.2 Å². The van der Waals surface area contributed by atoms with Gasteiger partial charge < -0.3 is 9.26 Å². The van der Waals surface area contributed by atoms with Crippen LogP contribution in [0, 0.1) is 0 Å². The molecule has 0 aliphatic heterocycles.